The van der Waals surface area contributed by atoms with Gasteiger partial charge in [-0.1, -0.05) is 112 Å². The van der Waals surface area contributed by atoms with E-state index in [9.17, 15) is 22.8 Å². The van der Waals surface area contributed by atoms with Crippen LogP contribution in [0.2, 0.25) is 0 Å². The molecule has 60 heavy (non-hydrogen) atoms. The van der Waals surface area contributed by atoms with E-state index in [1.165, 1.54) is 55.6 Å². The maximum Gasteiger partial charge on any atom is 0.416 e. The number of hydrogen-bond acceptors (Lipinski definition) is 6. The van der Waals surface area contributed by atoms with Crippen LogP contribution in [0.25, 0.3) is 11.1 Å². The van der Waals surface area contributed by atoms with Crippen LogP contribution in [0.5, 0.6) is 11.5 Å². The number of ether oxygens (including phenoxy) is 2. The molecule has 0 saturated heterocycles. The topological polar surface area (TPSA) is 98.6 Å². The molecule has 1 unspecified atom stereocenters. The summed E-state index contributed by atoms with van der Waals surface area (Å²) < 4.78 is 55.0. The summed E-state index contributed by atoms with van der Waals surface area (Å²) in [6, 6.07) is 25.3. The van der Waals surface area contributed by atoms with Crippen molar-refractivity contribution in [3.8, 4) is 22.6 Å². The first kappa shape index (κ1) is 43.9. The van der Waals surface area contributed by atoms with Crippen molar-refractivity contribution >= 4 is 17.5 Å². The molecule has 0 aliphatic carbocycles. The fourth-order valence-electron chi connectivity index (χ4n) is 7.42. The Hall–Kier alpha value is -5.65. The maximum atomic E-state index is 14.6. The second-order valence-corrected chi connectivity index (χ2v) is 15.5. The highest BCUT2D eigenvalue weighted by Crippen LogP contribution is 2.35. The van der Waals surface area contributed by atoms with E-state index >= 15 is 0 Å². The molecule has 1 aromatic heterocycles. The number of unbranched alkanes of at least 4 members (excludes halogenated alkanes) is 9. The second kappa shape index (κ2) is 22.1. The van der Waals surface area contributed by atoms with E-state index < -0.39 is 29.6 Å². The van der Waals surface area contributed by atoms with Gasteiger partial charge in [-0.25, -0.2) is 0 Å². The van der Waals surface area contributed by atoms with Gasteiger partial charge in [0.1, 0.15) is 29.8 Å². The number of hydrogen-bond donors (Lipinski definition) is 1. The zero-order valence-corrected chi connectivity index (χ0v) is 34.5. The van der Waals surface area contributed by atoms with Crippen LogP contribution in [0.3, 0.4) is 0 Å². The number of anilines is 1. The highest BCUT2D eigenvalue weighted by molar-refractivity contribution is 6.02. The molecule has 9 nitrogen and oxygen atoms in total. The minimum atomic E-state index is -4.58. The summed E-state index contributed by atoms with van der Waals surface area (Å²) in [6.45, 7) is 4.03. The van der Waals surface area contributed by atoms with Crippen LogP contribution >= 0.6 is 0 Å². The lowest BCUT2D eigenvalue weighted by Crippen LogP contribution is -2.45. The predicted octanol–water partition coefficient (Wildman–Crippen LogP) is 11.1. The van der Waals surface area contributed by atoms with Crippen molar-refractivity contribution in [2.75, 3.05) is 18.1 Å². The molecule has 1 atom stereocenters. The van der Waals surface area contributed by atoms with Crippen molar-refractivity contribution in [1.29, 1.82) is 0 Å². The van der Waals surface area contributed by atoms with Crippen molar-refractivity contribution in [2.24, 2.45) is 0 Å². The number of halogens is 3. The molecule has 0 saturated carbocycles. The van der Waals surface area contributed by atoms with Crippen LogP contribution in [-0.4, -0.2) is 40.0 Å². The molecular weight excluding hydrogens is 768 g/mol. The molecule has 12 heteroatoms. The highest BCUT2D eigenvalue weighted by atomic mass is 19.4. The molecule has 9 rings (SSSR count). The molecule has 4 aliphatic rings. The molecular formula is C48H56F3N5O4. The number of aromatic nitrogens is 3. The quantitative estimate of drug-likeness (QED) is 0.119. The Morgan fingerprint density at radius 3 is 2.15 bits per heavy atom. The van der Waals surface area contributed by atoms with E-state index in [0.717, 1.165) is 61.8 Å². The van der Waals surface area contributed by atoms with Crippen LogP contribution in [0.15, 0.2) is 103 Å². The van der Waals surface area contributed by atoms with Crippen LogP contribution in [-0.2, 0) is 35.3 Å². The molecule has 1 N–H and O–H groups in total. The van der Waals surface area contributed by atoms with Gasteiger partial charge < -0.3 is 14.8 Å². The van der Waals surface area contributed by atoms with Crippen LogP contribution < -0.4 is 19.7 Å². The normalized spacial score (nSPS) is 15.2. The SMILES string of the molecule is CCCCCCCCCCCCNC(=O)C1c2cccc(c2)-c2ccc(cc2)OCc2cn(nn2)CCCCOc2ccc(cc2)CC(=O)N1c1ccc(C(F)(F)F)cc1. The average molecular weight is 824 g/mol. The van der Waals surface area contributed by atoms with Gasteiger partial charge in [0.15, 0.2) is 0 Å². The van der Waals surface area contributed by atoms with Crippen LogP contribution in [0.4, 0.5) is 18.9 Å². The van der Waals surface area contributed by atoms with E-state index in [-0.39, 0.29) is 18.7 Å². The lowest BCUT2D eigenvalue weighted by atomic mass is 9.96. The van der Waals surface area contributed by atoms with Crippen LogP contribution in [0.1, 0.15) is 112 Å². The third-order valence-electron chi connectivity index (χ3n) is 10.8. The molecule has 8 bridgehead atoms. The van der Waals surface area contributed by atoms with Gasteiger partial charge >= 0.3 is 6.18 Å². The number of aryl methyl sites for hydroxylation is 1. The van der Waals surface area contributed by atoms with E-state index in [4.69, 9.17) is 9.47 Å². The van der Waals surface area contributed by atoms with E-state index in [0.29, 0.717) is 48.0 Å². The van der Waals surface area contributed by atoms with Gasteiger partial charge in [0.05, 0.1) is 24.8 Å². The third-order valence-corrected chi connectivity index (χ3v) is 10.8. The van der Waals surface area contributed by atoms with Crippen molar-refractivity contribution in [1.82, 2.24) is 20.3 Å². The smallest absolute Gasteiger partial charge is 0.416 e. The lowest BCUT2D eigenvalue weighted by molar-refractivity contribution is -0.137. The number of rotatable bonds is 13. The van der Waals surface area contributed by atoms with Gasteiger partial charge in [-0.3, -0.25) is 19.2 Å². The fourth-order valence-corrected chi connectivity index (χ4v) is 7.42. The van der Waals surface area contributed by atoms with Gasteiger partial charge in [-0.05, 0) is 96.1 Å². The van der Waals surface area contributed by atoms with Gasteiger partial charge in [0.25, 0.3) is 0 Å². The number of amides is 2. The Morgan fingerprint density at radius 2 is 1.45 bits per heavy atom. The summed E-state index contributed by atoms with van der Waals surface area (Å²) in [5.74, 6) is 0.417. The largest absolute Gasteiger partial charge is 0.494 e. The monoisotopic (exact) mass is 823 g/mol. The standard InChI is InChI=1S/C48H56F3N5O4/c1-2-3-4-5-6-7-8-9-10-11-29-52-47(58)46-39-16-14-15-38(33-39)37-19-27-44(28-20-37)60-35-41-34-55(54-53-41)30-12-13-31-59-43-25-17-36(18-26-43)32-45(57)56(46)42-23-21-40(22-24-42)48(49,50)51/h14-28,33-34,46H,2-13,29-32,35H2,1H3,(H,52,58). The summed E-state index contributed by atoms with van der Waals surface area (Å²) in [5, 5.41) is 11.6. The molecule has 0 spiro atoms. The third kappa shape index (κ3) is 12.9. The Morgan fingerprint density at radius 1 is 0.783 bits per heavy atom. The summed E-state index contributed by atoms with van der Waals surface area (Å²) in [4.78, 5) is 30.4. The molecule has 4 aromatic carbocycles. The molecule has 5 heterocycles. The first-order valence-corrected chi connectivity index (χ1v) is 21.4. The number of alkyl halides is 3. The average Bonchev–Trinajstić information content (AvgIpc) is 3.71. The summed E-state index contributed by atoms with van der Waals surface area (Å²) in [5.41, 5.74) is 2.85. The molecule has 318 valence electrons. The molecule has 2 amide bonds. The molecule has 4 aliphatic heterocycles. The minimum absolute atomic E-state index is 0.107. The summed E-state index contributed by atoms with van der Waals surface area (Å²) >= 11 is 0. The van der Waals surface area contributed by atoms with Crippen molar-refractivity contribution < 1.29 is 32.2 Å². The summed E-state index contributed by atoms with van der Waals surface area (Å²) in [6.07, 6.45) is 10.3. The molecule has 0 fully saturated rings. The molecule has 0 radical (unpaired) electrons. The number of carbonyl (C=O) groups excluding carboxylic acids is 2. The first-order valence-electron chi connectivity index (χ1n) is 21.4. The van der Waals surface area contributed by atoms with E-state index in [1.807, 2.05) is 48.7 Å². The van der Waals surface area contributed by atoms with Crippen molar-refractivity contribution in [2.45, 2.75) is 116 Å². The minimum Gasteiger partial charge on any atom is -0.494 e. The second-order valence-electron chi connectivity index (χ2n) is 15.5. The van der Waals surface area contributed by atoms with Gasteiger partial charge in [-0.15, -0.1) is 5.10 Å². The Bertz CT molecular complexity index is 2090. The van der Waals surface area contributed by atoms with Gasteiger partial charge in [-0.2, -0.15) is 13.2 Å². The first-order chi connectivity index (χ1) is 29.2. The summed E-state index contributed by atoms with van der Waals surface area (Å²) in [7, 11) is 0. The van der Waals surface area contributed by atoms with Crippen molar-refractivity contribution in [3.63, 3.8) is 0 Å². The van der Waals surface area contributed by atoms with Crippen molar-refractivity contribution in [3.05, 3.63) is 126 Å². The number of nitrogens with one attached hydrogen (secondary N) is 1. The molecule has 5 aromatic rings. The Kier molecular flexibility index (Phi) is 16.2. The Balaban J connectivity index is 1.30. The number of benzene rings is 4. The zero-order chi connectivity index (χ0) is 42.2. The van der Waals surface area contributed by atoms with E-state index in [1.54, 1.807) is 35.0 Å². The fraction of sp³-hybridized carbons (Fsp3) is 0.417. The zero-order valence-electron chi connectivity index (χ0n) is 34.5. The predicted molar refractivity (Wildman–Crippen MR) is 228 cm³/mol. The maximum absolute atomic E-state index is 14.6. The Labute approximate surface area is 351 Å². The van der Waals surface area contributed by atoms with Gasteiger partial charge in [0, 0.05) is 18.8 Å². The van der Waals surface area contributed by atoms with E-state index in [2.05, 4.69) is 22.6 Å². The number of nitrogens with zero attached hydrogens (tertiary/aromatic N) is 4. The lowest BCUT2D eigenvalue weighted by Gasteiger charge is -2.32. The number of carbonyl (C=O) groups is 2. The van der Waals surface area contributed by atoms with Crippen LogP contribution in [0, 0.1) is 0 Å². The van der Waals surface area contributed by atoms with Gasteiger partial charge in [0.2, 0.25) is 11.8 Å². The highest BCUT2D eigenvalue weighted by Gasteiger charge is 2.35.